The van der Waals surface area contributed by atoms with E-state index >= 15 is 0 Å². The number of carbonyl (C=O) groups is 4. The minimum absolute atomic E-state index is 0.0205. The standard InChI is InChI=1S/C27H33N3O6/c1-16(2)14-21-27(17-10-7-8-11-18(17)28-24(27)33)15-20(23(32)35-6)30(21)22(31)19-12-9-13-29(19)25(34)36-26(3,4)5/h7-8,10-11,14-15,19,21H,9,12-13H2,1-6H3,(H,28,33)/t19-,21-,27-/m0/s1. The summed E-state index contributed by atoms with van der Waals surface area (Å²) in [5, 5.41) is 2.91. The van der Waals surface area contributed by atoms with E-state index in [2.05, 4.69) is 5.32 Å². The molecule has 3 amide bonds. The number of amides is 3. The predicted octanol–water partition coefficient (Wildman–Crippen LogP) is 3.51. The molecule has 3 aliphatic heterocycles. The Labute approximate surface area is 211 Å². The molecule has 9 nitrogen and oxygen atoms in total. The number of ether oxygens (including phenoxy) is 2. The van der Waals surface area contributed by atoms with Crippen molar-refractivity contribution in [3.05, 3.63) is 53.3 Å². The maximum Gasteiger partial charge on any atom is 0.410 e. The van der Waals surface area contributed by atoms with Crippen LogP contribution in [0.4, 0.5) is 10.5 Å². The lowest BCUT2D eigenvalue weighted by Gasteiger charge is -2.36. The Hall–Kier alpha value is -3.62. The van der Waals surface area contributed by atoms with Crippen LogP contribution in [0.3, 0.4) is 0 Å². The Morgan fingerprint density at radius 3 is 2.50 bits per heavy atom. The van der Waals surface area contributed by atoms with Gasteiger partial charge in [-0.1, -0.05) is 29.8 Å². The number of benzene rings is 1. The molecule has 0 aliphatic carbocycles. The van der Waals surface area contributed by atoms with Gasteiger partial charge in [0, 0.05) is 12.2 Å². The number of hydrogen-bond acceptors (Lipinski definition) is 6. The average Bonchev–Trinajstić information content (AvgIpc) is 3.48. The van der Waals surface area contributed by atoms with Crippen LogP contribution >= 0.6 is 0 Å². The largest absolute Gasteiger partial charge is 0.464 e. The van der Waals surface area contributed by atoms with Gasteiger partial charge in [0.1, 0.15) is 22.8 Å². The van der Waals surface area contributed by atoms with Crippen LogP contribution in [-0.2, 0) is 29.3 Å². The summed E-state index contributed by atoms with van der Waals surface area (Å²) in [5.41, 5.74) is 0.100. The van der Waals surface area contributed by atoms with Crippen LogP contribution in [0.5, 0.6) is 0 Å². The van der Waals surface area contributed by atoms with Crippen molar-refractivity contribution in [1.82, 2.24) is 9.80 Å². The zero-order chi connectivity index (χ0) is 26.4. The minimum Gasteiger partial charge on any atom is -0.464 e. The van der Waals surface area contributed by atoms with E-state index in [1.165, 1.54) is 23.0 Å². The molecule has 0 aromatic heterocycles. The molecule has 0 bridgehead atoms. The number of anilines is 1. The van der Waals surface area contributed by atoms with Gasteiger partial charge in [0.25, 0.3) is 5.91 Å². The highest BCUT2D eigenvalue weighted by molar-refractivity contribution is 6.12. The van der Waals surface area contributed by atoms with Gasteiger partial charge in [0.2, 0.25) is 5.91 Å². The van der Waals surface area contributed by atoms with Crippen molar-refractivity contribution in [2.45, 2.75) is 70.6 Å². The first kappa shape index (κ1) is 25.5. The molecule has 1 fully saturated rings. The van der Waals surface area contributed by atoms with E-state index in [-0.39, 0.29) is 11.6 Å². The number of esters is 1. The third-order valence-electron chi connectivity index (χ3n) is 6.65. The van der Waals surface area contributed by atoms with Crippen molar-refractivity contribution >= 4 is 29.6 Å². The highest BCUT2D eigenvalue weighted by atomic mass is 16.6. The zero-order valence-electron chi connectivity index (χ0n) is 21.6. The molecule has 1 N–H and O–H groups in total. The summed E-state index contributed by atoms with van der Waals surface area (Å²) in [5.74, 6) is -1.52. The summed E-state index contributed by atoms with van der Waals surface area (Å²) < 4.78 is 10.6. The lowest BCUT2D eigenvalue weighted by molar-refractivity contribution is -0.144. The van der Waals surface area contributed by atoms with Crippen molar-refractivity contribution in [3.8, 4) is 0 Å². The number of fused-ring (bicyclic) bond motifs is 2. The third kappa shape index (κ3) is 4.16. The number of allylic oxidation sites excluding steroid dienone is 1. The molecule has 4 rings (SSSR count). The number of methoxy groups -OCH3 is 1. The lowest BCUT2D eigenvalue weighted by Crippen LogP contribution is -2.55. The fourth-order valence-corrected chi connectivity index (χ4v) is 5.22. The number of rotatable bonds is 3. The molecule has 3 atom stereocenters. The minimum atomic E-state index is -1.32. The second-order valence-electron chi connectivity index (χ2n) is 10.6. The Morgan fingerprint density at radius 1 is 1.17 bits per heavy atom. The second-order valence-corrected chi connectivity index (χ2v) is 10.6. The first-order valence-corrected chi connectivity index (χ1v) is 12.1. The van der Waals surface area contributed by atoms with Crippen LogP contribution in [0.2, 0.25) is 0 Å². The maximum atomic E-state index is 14.2. The molecule has 1 aromatic rings. The van der Waals surface area contributed by atoms with Crippen LogP contribution in [-0.4, -0.2) is 65.0 Å². The normalized spacial score (nSPS) is 24.8. The first-order chi connectivity index (χ1) is 16.9. The highest BCUT2D eigenvalue weighted by Crippen LogP contribution is 2.49. The molecule has 0 radical (unpaired) electrons. The van der Waals surface area contributed by atoms with Crippen molar-refractivity contribution < 1.29 is 28.7 Å². The molecule has 1 spiro atoms. The van der Waals surface area contributed by atoms with E-state index in [0.717, 1.165) is 5.57 Å². The smallest absolute Gasteiger partial charge is 0.410 e. The molecule has 1 aromatic carbocycles. The Bertz CT molecular complexity index is 1180. The molecular formula is C27H33N3O6. The van der Waals surface area contributed by atoms with Gasteiger partial charge < -0.3 is 14.8 Å². The van der Waals surface area contributed by atoms with Gasteiger partial charge in [-0.3, -0.25) is 19.4 Å². The fraction of sp³-hybridized carbons (Fsp3) is 0.481. The van der Waals surface area contributed by atoms with Gasteiger partial charge in [-0.2, -0.15) is 0 Å². The average molecular weight is 496 g/mol. The van der Waals surface area contributed by atoms with Gasteiger partial charge in [-0.25, -0.2) is 9.59 Å². The zero-order valence-corrected chi connectivity index (χ0v) is 21.6. The number of hydrogen-bond donors (Lipinski definition) is 1. The van der Waals surface area contributed by atoms with Crippen LogP contribution in [0.25, 0.3) is 0 Å². The van der Waals surface area contributed by atoms with Crippen LogP contribution in [0.15, 0.2) is 47.7 Å². The SMILES string of the molecule is COC(=O)C1=C[C@@]2(C(=O)Nc3ccccc32)[C@H](C=C(C)C)N1C(=O)[C@@H]1CCCN1C(=O)OC(C)(C)C. The Morgan fingerprint density at radius 2 is 1.86 bits per heavy atom. The van der Waals surface area contributed by atoms with Crippen LogP contribution in [0, 0.1) is 0 Å². The predicted molar refractivity (Wildman–Crippen MR) is 133 cm³/mol. The molecule has 192 valence electrons. The van der Waals surface area contributed by atoms with Gasteiger partial charge in [0.05, 0.1) is 13.2 Å². The van der Waals surface area contributed by atoms with Gasteiger partial charge >= 0.3 is 12.1 Å². The number of nitrogens with one attached hydrogen (secondary N) is 1. The summed E-state index contributed by atoms with van der Waals surface area (Å²) in [4.78, 5) is 56.4. The topological polar surface area (TPSA) is 105 Å². The summed E-state index contributed by atoms with van der Waals surface area (Å²) in [6.07, 6.45) is 3.80. The van der Waals surface area contributed by atoms with Crippen molar-refractivity contribution in [2.75, 3.05) is 19.0 Å². The highest BCUT2D eigenvalue weighted by Gasteiger charge is 2.60. The number of carbonyl (C=O) groups excluding carboxylic acids is 4. The van der Waals surface area contributed by atoms with E-state index in [1.54, 1.807) is 26.8 Å². The van der Waals surface area contributed by atoms with Crippen molar-refractivity contribution in [1.29, 1.82) is 0 Å². The lowest BCUT2D eigenvalue weighted by atomic mass is 9.75. The molecule has 3 heterocycles. The quantitative estimate of drug-likeness (QED) is 0.508. The van der Waals surface area contributed by atoms with Crippen LogP contribution in [0.1, 0.15) is 53.0 Å². The number of para-hydroxylation sites is 1. The molecule has 1 saturated heterocycles. The van der Waals surface area contributed by atoms with E-state index in [9.17, 15) is 19.2 Å². The van der Waals surface area contributed by atoms with E-state index < -0.39 is 41.1 Å². The Balaban J connectivity index is 1.83. The molecule has 3 aliphatic rings. The molecule has 0 unspecified atom stereocenters. The summed E-state index contributed by atoms with van der Waals surface area (Å²) >= 11 is 0. The van der Waals surface area contributed by atoms with Crippen molar-refractivity contribution in [3.63, 3.8) is 0 Å². The van der Waals surface area contributed by atoms with E-state index in [1.807, 2.05) is 38.1 Å². The van der Waals surface area contributed by atoms with Gasteiger partial charge in [-0.15, -0.1) is 0 Å². The molecule has 36 heavy (non-hydrogen) atoms. The Kier molecular flexibility index (Phi) is 6.45. The first-order valence-electron chi connectivity index (χ1n) is 12.1. The molecule has 9 heteroatoms. The van der Waals surface area contributed by atoms with E-state index in [0.29, 0.717) is 30.6 Å². The van der Waals surface area contributed by atoms with Crippen LogP contribution < -0.4 is 5.32 Å². The summed E-state index contributed by atoms with van der Waals surface area (Å²) in [7, 11) is 1.23. The molecule has 0 saturated carbocycles. The maximum absolute atomic E-state index is 14.2. The van der Waals surface area contributed by atoms with E-state index in [4.69, 9.17) is 9.47 Å². The number of likely N-dealkylation sites (tertiary alicyclic amines) is 1. The van der Waals surface area contributed by atoms with Gasteiger partial charge in [0.15, 0.2) is 0 Å². The molecular weight excluding hydrogens is 462 g/mol. The van der Waals surface area contributed by atoms with Crippen molar-refractivity contribution in [2.24, 2.45) is 0 Å². The summed E-state index contributed by atoms with van der Waals surface area (Å²) in [6, 6.07) is 5.58. The van der Waals surface area contributed by atoms with Gasteiger partial charge in [-0.05, 0) is 65.2 Å². The second kappa shape index (κ2) is 9.11. The monoisotopic (exact) mass is 495 g/mol. The fourth-order valence-electron chi connectivity index (χ4n) is 5.22. The summed E-state index contributed by atoms with van der Waals surface area (Å²) in [6.45, 7) is 9.39. The number of nitrogens with zero attached hydrogens (tertiary/aromatic N) is 2. The third-order valence-corrected chi connectivity index (χ3v) is 6.65.